The summed E-state index contributed by atoms with van der Waals surface area (Å²) in [7, 11) is -0.519. The fourth-order valence-electron chi connectivity index (χ4n) is 9.14. The van der Waals surface area contributed by atoms with Crippen molar-refractivity contribution in [2.45, 2.75) is 110 Å². The summed E-state index contributed by atoms with van der Waals surface area (Å²) in [6.45, 7) is 11.3. The summed E-state index contributed by atoms with van der Waals surface area (Å²) in [5, 5.41) is 8.78. The van der Waals surface area contributed by atoms with Crippen LogP contribution in [0.1, 0.15) is 93.8 Å². The van der Waals surface area contributed by atoms with Crippen molar-refractivity contribution in [1.29, 1.82) is 0 Å². The van der Waals surface area contributed by atoms with Crippen LogP contribution in [0.2, 0.25) is 0 Å². The van der Waals surface area contributed by atoms with Crippen LogP contribution in [-0.2, 0) is 33.4 Å². The number of hydrogen-bond donors (Lipinski definition) is 2. The molecule has 2 amide bonds. The van der Waals surface area contributed by atoms with Crippen molar-refractivity contribution < 1.29 is 18.9 Å². The predicted molar refractivity (Wildman–Crippen MR) is 183 cm³/mol. The molecule has 8 rings (SSSR count). The van der Waals surface area contributed by atoms with Crippen molar-refractivity contribution in [1.82, 2.24) is 10.6 Å². The number of amides is 2. The van der Waals surface area contributed by atoms with Crippen molar-refractivity contribution in [2.75, 3.05) is 0 Å². The Morgan fingerprint density at radius 1 is 0.935 bits per heavy atom. The smallest absolute Gasteiger partial charge is 0.404 e. The quantitative estimate of drug-likeness (QED) is 0.257. The number of rotatable bonds is 9. The van der Waals surface area contributed by atoms with Gasteiger partial charge in [-0.3, -0.25) is 9.59 Å². The minimum atomic E-state index is -0.756. The van der Waals surface area contributed by atoms with E-state index in [1.165, 1.54) is 12.0 Å². The molecule has 0 radical (unpaired) electrons. The second-order valence-corrected chi connectivity index (χ2v) is 15.6. The SMILES string of the molecule is CC(C)C[C@H](NC(=O)[C@H](Cc1ccc2ccccc2c1)NC(=O)c1cccc2c1CCCC2)B1OC2C[C@@H]3C[C@@H](C3(C)C)[C@]2(C)O1. The molecule has 5 aliphatic rings. The van der Waals surface area contributed by atoms with Gasteiger partial charge in [-0.1, -0.05) is 82.3 Å². The summed E-state index contributed by atoms with van der Waals surface area (Å²) in [6.07, 6.45) is 7.44. The molecule has 242 valence electrons. The van der Waals surface area contributed by atoms with E-state index < -0.39 is 13.2 Å². The highest BCUT2D eigenvalue weighted by molar-refractivity contribution is 6.48. The van der Waals surface area contributed by atoms with Crippen LogP contribution in [0.25, 0.3) is 10.8 Å². The lowest BCUT2D eigenvalue weighted by atomic mass is 9.43. The summed E-state index contributed by atoms with van der Waals surface area (Å²) in [4.78, 5) is 28.3. The average Bonchev–Trinajstić information content (AvgIpc) is 3.41. The highest BCUT2D eigenvalue weighted by Gasteiger charge is 2.68. The van der Waals surface area contributed by atoms with Gasteiger partial charge < -0.3 is 19.9 Å². The molecule has 3 aromatic carbocycles. The van der Waals surface area contributed by atoms with Crippen molar-refractivity contribution in [2.24, 2.45) is 23.2 Å². The van der Waals surface area contributed by atoms with E-state index in [4.69, 9.17) is 9.31 Å². The third-order valence-corrected chi connectivity index (χ3v) is 11.9. The zero-order chi connectivity index (χ0) is 32.2. The zero-order valence-electron chi connectivity index (χ0n) is 28.1. The molecule has 4 aliphatic carbocycles. The van der Waals surface area contributed by atoms with Gasteiger partial charge in [-0.05, 0) is 109 Å². The second kappa shape index (κ2) is 12.1. The first-order chi connectivity index (χ1) is 22.0. The highest BCUT2D eigenvalue weighted by Crippen LogP contribution is 2.65. The van der Waals surface area contributed by atoms with Gasteiger partial charge in [-0.15, -0.1) is 0 Å². The Labute approximate surface area is 274 Å². The molecule has 1 unspecified atom stereocenters. The van der Waals surface area contributed by atoms with Crippen LogP contribution in [0.4, 0.5) is 0 Å². The molecular weight excluding hydrogens is 571 g/mol. The Kier molecular flexibility index (Phi) is 8.30. The Morgan fingerprint density at radius 2 is 1.72 bits per heavy atom. The Hall–Kier alpha value is -3.16. The second-order valence-electron chi connectivity index (χ2n) is 15.6. The monoisotopic (exact) mass is 620 g/mol. The van der Waals surface area contributed by atoms with Gasteiger partial charge in [0.1, 0.15) is 6.04 Å². The van der Waals surface area contributed by atoms with Crippen molar-refractivity contribution in [3.05, 3.63) is 82.9 Å². The Bertz CT molecular complexity index is 1640. The molecule has 6 nitrogen and oxygen atoms in total. The first kappa shape index (κ1) is 31.4. The first-order valence-corrected chi connectivity index (χ1v) is 17.6. The largest absolute Gasteiger partial charge is 0.481 e. The lowest BCUT2D eigenvalue weighted by molar-refractivity contribution is -0.199. The normalized spacial score (nSPS) is 27.3. The molecule has 46 heavy (non-hydrogen) atoms. The molecule has 7 heteroatoms. The maximum atomic E-state index is 14.3. The number of fused-ring (bicyclic) bond motifs is 2. The number of hydrogen-bond acceptors (Lipinski definition) is 4. The van der Waals surface area contributed by atoms with Gasteiger partial charge in [-0.2, -0.15) is 0 Å². The summed E-state index contributed by atoms with van der Waals surface area (Å²) < 4.78 is 13.5. The van der Waals surface area contributed by atoms with Crippen LogP contribution in [0.5, 0.6) is 0 Å². The number of nitrogens with one attached hydrogen (secondary N) is 2. The molecule has 4 fully saturated rings. The fraction of sp³-hybridized carbons (Fsp3) is 0.538. The number of benzene rings is 3. The van der Waals surface area contributed by atoms with E-state index in [0.717, 1.165) is 60.4 Å². The molecule has 2 N–H and O–H groups in total. The first-order valence-electron chi connectivity index (χ1n) is 17.6. The van der Waals surface area contributed by atoms with E-state index in [0.29, 0.717) is 29.7 Å². The topological polar surface area (TPSA) is 76.7 Å². The van der Waals surface area contributed by atoms with Crippen LogP contribution in [0.15, 0.2) is 60.7 Å². The molecule has 2 bridgehead atoms. The lowest BCUT2D eigenvalue weighted by Gasteiger charge is -2.64. The minimum Gasteiger partial charge on any atom is -0.404 e. The Morgan fingerprint density at radius 3 is 2.50 bits per heavy atom. The summed E-state index contributed by atoms with van der Waals surface area (Å²) >= 11 is 0. The average molecular weight is 621 g/mol. The molecule has 0 aromatic heterocycles. The van der Waals surface area contributed by atoms with Gasteiger partial charge in [0.2, 0.25) is 5.91 Å². The van der Waals surface area contributed by atoms with E-state index in [2.05, 4.69) is 81.7 Å². The summed E-state index contributed by atoms with van der Waals surface area (Å²) in [6, 6.07) is 19.8. The molecule has 0 spiro atoms. The number of carbonyl (C=O) groups excluding carboxylic acids is 2. The highest BCUT2D eigenvalue weighted by atomic mass is 16.7. The minimum absolute atomic E-state index is 0.0400. The van der Waals surface area contributed by atoms with E-state index in [-0.39, 0.29) is 34.9 Å². The summed E-state index contributed by atoms with van der Waals surface area (Å²) in [5.41, 5.74) is 3.95. The van der Waals surface area contributed by atoms with Crippen molar-refractivity contribution in [3.8, 4) is 0 Å². The summed E-state index contributed by atoms with van der Waals surface area (Å²) in [5.74, 6) is 0.711. The zero-order valence-corrected chi connectivity index (χ0v) is 28.1. The van der Waals surface area contributed by atoms with Crippen LogP contribution >= 0.6 is 0 Å². The van der Waals surface area contributed by atoms with Gasteiger partial charge in [0, 0.05) is 12.0 Å². The van der Waals surface area contributed by atoms with Gasteiger partial charge in [0.05, 0.1) is 17.6 Å². The molecule has 6 atom stereocenters. The van der Waals surface area contributed by atoms with Crippen LogP contribution < -0.4 is 10.6 Å². The van der Waals surface area contributed by atoms with Crippen LogP contribution in [0, 0.1) is 23.2 Å². The van der Waals surface area contributed by atoms with E-state index in [9.17, 15) is 9.59 Å². The molecule has 1 heterocycles. The van der Waals surface area contributed by atoms with Gasteiger partial charge in [0.15, 0.2) is 0 Å². The van der Waals surface area contributed by atoms with Gasteiger partial charge >= 0.3 is 7.12 Å². The third kappa shape index (κ3) is 5.68. The Balaban J connectivity index is 1.15. The predicted octanol–water partition coefficient (Wildman–Crippen LogP) is 6.86. The standard InChI is InChI=1S/C39H49BN2O4/c1-24(2)19-35(40-45-34-23-29-22-33(38(29,3)4)39(34,5)46-40)42-37(44)32(21-25-17-18-26-11-6-7-13-28(26)20-25)41-36(43)31-16-10-14-27-12-8-9-15-30(27)31/h6-7,10-11,13-14,16-18,20,24,29,32-35H,8-9,12,15,19,21-23H2,1-5H3,(H,41,43)(H,42,44)/t29-,32-,33-,34?,35-,39-/m0/s1. The number of aryl methyl sites for hydroxylation is 1. The van der Waals surface area contributed by atoms with Crippen LogP contribution in [-0.4, -0.2) is 42.6 Å². The molecule has 1 aliphatic heterocycles. The van der Waals surface area contributed by atoms with Crippen molar-refractivity contribution >= 4 is 29.7 Å². The van der Waals surface area contributed by atoms with Crippen LogP contribution in [0.3, 0.4) is 0 Å². The van der Waals surface area contributed by atoms with Crippen molar-refractivity contribution in [3.63, 3.8) is 0 Å². The van der Waals surface area contributed by atoms with E-state index >= 15 is 0 Å². The molecule has 1 saturated heterocycles. The third-order valence-electron chi connectivity index (χ3n) is 11.9. The van der Waals surface area contributed by atoms with Gasteiger partial charge in [0.25, 0.3) is 5.91 Å². The van der Waals surface area contributed by atoms with Gasteiger partial charge in [-0.25, -0.2) is 0 Å². The maximum Gasteiger partial charge on any atom is 0.481 e. The van der Waals surface area contributed by atoms with E-state index in [1.807, 2.05) is 24.3 Å². The molecular formula is C39H49BN2O4. The molecule has 3 aromatic rings. The fourth-order valence-corrected chi connectivity index (χ4v) is 9.14. The number of carbonyl (C=O) groups is 2. The maximum absolute atomic E-state index is 14.3. The molecule has 3 saturated carbocycles. The lowest BCUT2D eigenvalue weighted by Crippen LogP contribution is -2.65. The van der Waals surface area contributed by atoms with E-state index in [1.54, 1.807) is 0 Å².